The molecule has 0 aliphatic rings. The number of fused-ring (bicyclic) bond motifs is 1. The fraction of sp³-hybridized carbons (Fsp3) is 0.267. The Kier molecular flexibility index (Phi) is 5.11. The average Bonchev–Trinajstić information content (AvgIpc) is 2.91. The molecule has 1 heterocycles. The van der Waals surface area contributed by atoms with E-state index < -0.39 is 6.61 Å². The fourth-order valence-electron chi connectivity index (χ4n) is 2.16. The second-order valence-corrected chi connectivity index (χ2v) is 4.54. The van der Waals surface area contributed by atoms with E-state index in [0.717, 1.165) is 0 Å². The molecule has 0 bridgehead atoms. The Labute approximate surface area is 125 Å². The van der Waals surface area contributed by atoms with Crippen LogP contribution in [0, 0.1) is 0 Å². The lowest BCUT2D eigenvalue weighted by Crippen LogP contribution is -2.33. The number of hydrogen-bond acceptors (Lipinski definition) is 3. The zero-order valence-electron chi connectivity index (χ0n) is 11.8. The molecule has 0 saturated carbocycles. The number of nitrogens with one attached hydrogen (secondary N) is 1. The van der Waals surface area contributed by atoms with Gasteiger partial charge in [0.1, 0.15) is 11.4 Å². The summed E-state index contributed by atoms with van der Waals surface area (Å²) in [5.74, 6) is -0.353. The summed E-state index contributed by atoms with van der Waals surface area (Å²) in [6, 6.07) is 6.09. The third-order valence-electron chi connectivity index (χ3n) is 3.08. The van der Waals surface area contributed by atoms with Crippen molar-refractivity contribution in [1.82, 2.24) is 9.88 Å². The molecule has 5 nitrogen and oxygen atoms in total. The van der Waals surface area contributed by atoms with Crippen molar-refractivity contribution in [2.45, 2.75) is 6.61 Å². The molecular weight excluding hydrogens is 294 g/mol. The third kappa shape index (κ3) is 3.43. The smallest absolute Gasteiger partial charge is 0.387 e. The van der Waals surface area contributed by atoms with E-state index in [9.17, 15) is 13.6 Å². The van der Waals surface area contributed by atoms with Crippen LogP contribution in [-0.2, 0) is 0 Å². The van der Waals surface area contributed by atoms with Crippen molar-refractivity contribution in [3.63, 3.8) is 0 Å². The van der Waals surface area contributed by atoms with Crippen LogP contribution in [-0.4, -0.2) is 47.2 Å². The minimum Gasteiger partial charge on any atom is -0.434 e. The van der Waals surface area contributed by atoms with Gasteiger partial charge in [-0.05, 0) is 18.2 Å². The topological polar surface area (TPSA) is 65.6 Å². The molecule has 2 rings (SSSR count). The highest BCUT2D eigenvalue weighted by molar-refractivity contribution is 5.99. The summed E-state index contributed by atoms with van der Waals surface area (Å²) in [7, 11) is 0. The number of carbonyl (C=O) groups excluding carboxylic acids is 1. The van der Waals surface area contributed by atoms with Gasteiger partial charge < -0.3 is 19.7 Å². The second kappa shape index (κ2) is 7.04. The van der Waals surface area contributed by atoms with E-state index in [2.05, 4.69) is 16.3 Å². The van der Waals surface area contributed by atoms with Crippen LogP contribution < -0.4 is 4.74 Å². The quantitative estimate of drug-likeness (QED) is 0.772. The van der Waals surface area contributed by atoms with Gasteiger partial charge in [-0.25, -0.2) is 0 Å². The van der Waals surface area contributed by atoms with Crippen molar-refractivity contribution in [3.8, 4) is 5.75 Å². The van der Waals surface area contributed by atoms with Crippen molar-refractivity contribution in [2.24, 2.45) is 0 Å². The molecule has 0 radical (unpaired) electrons. The molecule has 0 atom stereocenters. The van der Waals surface area contributed by atoms with Crippen LogP contribution in [0.15, 0.2) is 36.9 Å². The standard InChI is InChI=1S/C15H16F2N2O3/c1-2-6-19(7-8-20)14(21)12-9-10-11(18-12)4-3-5-13(10)22-15(16)17/h2-5,9,15,18,20H,1,6-8H2. The highest BCUT2D eigenvalue weighted by Crippen LogP contribution is 2.28. The molecule has 0 aliphatic heterocycles. The van der Waals surface area contributed by atoms with Crippen LogP contribution in [0.3, 0.4) is 0 Å². The van der Waals surface area contributed by atoms with Gasteiger partial charge in [-0.15, -0.1) is 6.58 Å². The molecule has 0 saturated heterocycles. The Hall–Kier alpha value is -2.41. The van der Waals surface area contributed by atoms with Gasteiger partial charge in [0.2, 0.25) is 0 Å². The molecule has 1 aromatic heterocycles. The number of aromatic amines is 1. The van der Waals surface area contributed by atoms with Gasteiger partial charge in [0, 0.05) is 24.0 Å². The van der Waals surface area contributed by atoms with E-state index in [1.54, 1.807) is 18.2 Å². The van der Waals surface area contributed by atoms with Gasteiger partial charge >= 0.3 is 6.61 Å². The summed E-state index contributed by atoms with van der Waals surface area (Å²) in [5, 5.41) is 9.40. The lowest BCUT2D eigenvalue weighted by atomic mass is 10.2. The molecular formula is C15H16F2N2O3. The first-order valence-corrected chi connectivity index (χ1v) is 6.64. The number of rotatable bonds is 7. The van der Waals surface area contributed by atoms with Gasteiger partial charge in [-0.2, -0.15) is 8.78 Å². The van der Waals surface area contributed by atoms with Crippen molar-refractivity contribution in [3.05, 3.63) is 42.6 Å². The number of halogens is 2. The number of alkyl halides is 2. The van der Waals surface area contributed by atoms with Gasteiger partial charge in [0.25, 0.3) is 5.91 Å². The third-order valence-corrected chi connectivity index (χ3v) is 3.08. The zero-order chi connectivity index (χ0) is 16.1. The van der Waals surface area contributed by atoms with Crippen molar-refractivity contribution >= 4 is 16.8 Å². The number of amides is 1. The molecule has 2 aromatic rings. The summed E-state index contributed by atoms with van der Waals surface area (Å²) in [5.41, 5.74) is 0.750. The van der Waals surface area contributed by atoms with Crippen molar-refractivity contribution in [1.29, 1.82) is 0 Å². The lowest BCUT2D eigenvalue weighted by Gasteiger charge is -2.18. The molecule has 118 valence electrons. The van der Waals surface area contributed by atoms with E-state index in [1.165, 1.54) is 17.0 Å². The SMILES string of the molecule is C=CCN(CCO)C(=O)c1cc2c(OC(F)F)cccc2[nH]1. The number of ether oxygens (including phenoxy) is 1. The number of carbonyl (C=O) groups is 1. The maximum atomic E-state index is 12.4. The van der Waals surface area contributed by atoms with E-state index >= 15 is 0 Å². The molecule has 22 heavy (non-hydrogen) atoms. The first kappa shape index (κ1) is 16.0. The summed E-state index contributed by atoms with van der Waals surface area (Å²) >= 11 is 0. The van der Waals surface area contributed by atoms with E-state index in [-0.39, 0.29) is 37.0 Å². The van der Waals surface area contributed by atoms with Gasteiger partial charge in [-0.1, -0.05) is 12.1 Å². The zero-order valence-corrected chi connectivity index (χ0v) is 11.8. The Morgan fingerprint density at radius 1 is 1.50 bits per heavy atom. The highest BCUT2D eigenvalue weighted by atomic mass is 19.3. The Morgan fingerprint density at radius 2 is 2.27 bits per heavy atom. The molecule has 2 N–H and O–H groups in total. The molecule has 0 aliphatic carbocycles. The maximum absolute atomic E-state index is 12.4. The first-order valence-electron chi connectivity index (χ1n) is 6.64. The number of aliphatic hydroxyl groups is 1. The second-order valence-electron chi connectivity index (χ2n) is 4.54. The summed E-state index contributed by atoms with van der Waals surface area (Å²) in [4.78, 5) is 16.6. The maximum Gasteiger partial charge on any atom is 0.387 e. The summed E-state index contributed by atoms with van der Waals surface area (Å²) < 4.78 is 29.2. The Bertz CT molecular complexity index is 670. The molecule has 0 spiro atoms. The number of benzene rings is 1. The summed E-state index contributed by atoms with van der Waals surface area (Å²) in [6.45, 7) is 0.866. The van der Waals surface area contributed by atoms with Crippen molar-refractivity contribution in [2.75, 3.05) is 19.7 Å². The van der Waals surface area contributed by atoms with Gasteiger partial charge in [-0.3, -0.25) is 4.79 Å². The lowest BCUT2D eigenvalue weighted by molar-refractivity contribution is -0.0487. The number of nitrogens with zero attached hydrogens (tertiary/aromatic N) is 1. The summed E-state index contributed by atoms with van der Waals surface area (Å²) in [6.07, 6.45) is 1.54. The predicted octanol–water partition coefficient (Wildman–Crippen LogP) is 2.39. The number of aliphatic hydroxyl groups excluding tert-OH is 1. The van der Waals surface area contributed by atoms with Gasteiger partial charge in [0.15, 0.2) is 0 Å². The minimum atomic E-state index is -2.94. The van der Waals surface area contributed by atoms with E-state index in [0.29, 0.717) is 10.9 Å². The molecule has 0 fully saturated rings. The van der Waals surface area contributed by atoms with E-state index in [4.69, 9.17) is 5.11 Å². The fourth-order valence-corrected chi connectivity index (χ4v) is 2.16. The van der Waals surface area contributed by atoms with Gasteiger partial charge in [0.05, 0.1) is 6.61 Å². The van der Waals surface area contributed by atoms with Crippen LogP contribution in [0.5, 0.6) is 5.75 Å². The normalized spacial score (nSPS) is 10.9. The monoisotopic (exact) mass is 310 g/mol. The molecule has 0 unspecified atom stereocenters. The molecule has 7 heteroatoms. The van der Waals surface area contributed by atoms with Crippen LogP contribution in [0.25, 0.3) is 10.9 Å². The van der Waals surface area contributed by atoms with E-state index in [1.807, 2.05) is 0 Å². The van der Waals surface area contributed by atoms with Crippen LogP contribution in [0.2, 0.25) is 0 Å². The number of aromatic nitrogens is 1. The molecule has 1 amide bonds. The number of H-pyrrole nitrogens is 1. The highest BCUT2D eigenvalue weighted by Gasteiger charge is 2.18. The Balaban J connectivity index is 2.35. The largest absolute Gasteiger partial charge is 0.434 e. The number of hydrogen-bond donors (Lipinski definition) is 2. The minimum absolute atomic E-state index is 0.000212. The predicted molar refractivity (Wildman–Crippen MR) is 78.1 cm³/mol. The van der Waals surface area contributed by atoms with Crippen LogP contribution >= 0.6 is 0 Å². The van der Waals surface area contributed by atoms with Crippen LogP contribution in [0.4, 0.5) is 8.78 Å². The molecule has 1 aromatic carbocycles. The Morgan fingerprint density at radius 3 is 2.91 bits per heavy atom. The average molecular weight is 310 g/mol. The van der Waals surface area contributed by atoms with Crippen LogP contribution in [0.1, 0.15) is 10.5 Å². The first-order chi connectivity index (χ1) is 10.6. The van der Waals surface area contributed by atoms with Crippen molar-refractivity contribution < 1.29 is 23.4 Å².